The van der Waals surface area contributed by atoms with Gasteiger partial charge in [-0.1, -0.05) is 6.42 Å². The molecule has 20 heavy (non-hydrogen) atoms. The third kappa shape index (κ3) is 1.70. The van der Waals surface area contributed by atoms with Gasteiger partial charge in [0, 0.05) is 24.5 Å². The first kappa shape index (κ1) is 12.3. The smallest absolute Gasteiger partial charge is 0.233 e. The van der Waals surface area contributed by atoms with Gasteiger partial charge in [-0.25, -0.2) is 9.97 Å². The predicted molar refractivity (Wildman–Crippen MR) is 75.3 cm³/mol. The minimum atomic E-state index is -0.773. The van der Waals surface area contributed by atoms with Gasteiger partial charge >= 0.3 is 0 Å². The number of hydrogen-bond acceptors (Lipinski definition) is 4. The van der Waals surface area contributed by atoms with Crippen LogP contribution in [0, 0.1) is 0 Å². The topological polar surface area (TPSA) is 53.7 Å². The SMILES string of the molecule is CN1C2CCCC1CC(O)(c1cnc3ncccn13)C2. The fourth-order valence-corrected chi connectivity index (χ4v) is 4.03. The van der Waals surface area contributed by atoms with Crippen molar-refractivity contribution >= 4 is 5.78 Å². The van der Waals surface area contributed by atoms with E-state index in [1.54, 1.807) is 12.4 Å². The quantitative estimate of drug-likeness (QED) is 0.856. The normalized spacial score (nSPS) is 34.5. The molecule has 2 fully saturated rings. The molecule has 4 rings (SSSR count). The minimum Gasteiger partial charge on any atom is -0.383 e. The van der Waals surface area contributed by atoms with Crippen LogP contribution >= 0.6 is 0 Å². The monoisotopic (exact) mass is 272 g/mol. The summed E-state index contributed by atoms with van der Waals surface area (Å²) in [6.45, 7) is 0. The largest absolute Gasteiger partial charge is 0.383 e. The maximum Gasteiger partial charge on any atom is 0.233 e. The van der Waals surface area contributed by atoms with Crippen LogP contribution in [0.5, 0.6) is 0 Å². The van der Waals surface area contributed by atoms with Crippen LogP contribution in [0.4, 0.5) is 0 Å². The third-order valence-electron chi connectivity index (χ3n) is 5.14. The van der Waals surface area contributed by atoms with Crippen molar-refractivity contribution in [1.29, 1.82) is 0 Å². The third-order valence-corrected chi connectivity index (χ3v) is 5.14. The summed E-state index contributed by atoms with van der Waals surface area (Å²) >= 11 is 0. The van der Waals surface area contributed by atoms with Crippen LogP contribution in [0.25, 0.3) is 5.78 Å². The highest BCUT2D eigenvalue weighted by Gasteiger charge is 2.46. The highest BCUT2D eigenvalue weighted by atomic mass is 16.3. The van der Waals surface area contributed by atoms with E-state index in [0.717, 1.165) is 18.5 Å². The van der Waals surface area contributed by atoms with Crippen molar-refractivity contribution in [3.8, 4) is 0 Å². The Hall–Kier alpha value is -1.46. The molecule has 0 amide bonds. The van der Waals surface area contributed by atoms with Crippen molar-refractivity contribution in [2.24, 2.45) is 0 Å². The lowest BCUT2D eigenvalue weighted by Crippen LogP contribution is -2.55. The molecule has 4 heterocycles. The molecule has 2 bridgehead atoms. The van der Waals surface area contributed by atoms with E-state index in [4.69, 9.17) is 0 Å². The van der Waals surface area contributed by atoms with Crippen molar-refractivity contribution in [2.75, 3.05) is 7.05 Å². The summed E-state index contributed by atoms with van der Waals surface area (Å²) in [5.74, 6) is 0.667. The summed E-state index contributed by atoms with van der Waals surface area (Å²) in [6, 6.07) is 2.85. The number of aliphatic hydroxyl groups is 1. The molecule has 2 aromatic heterocycles. The lowest BCUT2D eigenvalue weighted by Gasteiger charge is -2.50. The molecule has 0 radical (unpaired) electrons. The van der Waals surface area contributed by atoms with Crippen LogP contribution in [-0.4, -0.2) is 43.5 Å². The second-order valence-corrected chi connectivity index (χ2v) is 6.28. The number of hydrogen-bond donors (Lipinski definition) is 1. The average molecular weight is 272 g/mol. The van der Waals surface area contributed by atoms with E-state index in [-0.39, 0.29) is 0 Å². The van der Waals surface area contributed by atoms with E-state index in [1.807, 2.05) is 16.7 Å². The molecule has 0 saturated carbocycles. The molecule has 1 N–H and O–H groups in total. The molecule has 106 valence electrons. The molecule has 2 unspecified atom stereocenters. The maximum absolute atomic E-state index is 11.2. The molecule has 2 aliphatic rings. The first-order valence-corrected chi connectivity index (χ1v) is 7.40. The van der Waals surface area contributed by atoms with E-state index in [0.29, 0.717) is 17.9 Å². The molecular weight excluding hydrogens is 252 g/mol. The van der Waals surface area contributed by atoms with Gasteiger partial charge in [0.25, 0.3) is 0 Å². The van der Waals surface area contributed by atoms with E-state index in [9.17, 15) is 5.11 Å². The fourth-order valence-electron chi connectivity index (χ4n) is 4.03. The number of fused-ring (bicyclic) bond motifs is 3. The number of rotatable bonds is 1. The Morgan fingerprint density at radius 1 is 1.25 bits per heavy atom. The Labute approximate surface area is 118 Å². The number of imidazole rings is 1. The standard InChI is InChI=1S/C15H20N4O/c1-18-11-4-2-5-12(18)9-15(20,8-11)13-10-17-14-16-6-3-7-19(13)14/h3,6-7,10-12,20H,2,4-5,8-9H2,1H3. The van der Waals surface area contributed by atoms with Gasteiger partial charge in [-0.3, -0.25) is 4.40 Å². The molecule has 2 atom stereocenters. The Bertz CT molecular complexity index is 624. The van der Waals surface area contributed by atoms with Gasteiger partial charge in [-0.05, 0) is 38.8 Å². The summed E-state index contributed by atoms with van der Waals surface area (Å²) in [5.41, 5.74) is 0.121. The van der Waals surface area contributed by atoms with Crippen molar-refractivity contribution in [1.82, 2.24) is 19.3 Å². The van der Waals surface area contributed by atoms with Gasteiger partial charge < -0.3 is 10.0 Å². The average Bonchev–Trinajstić information content (AvgIpc) is 2.85. The van der Waals surface area contributed by atoms with Crippen LogP contribution < -0.4 is 0 Å². The van der Waals surface area contributed by atoms with Gasteiger partial charge in [0.05, 0.1) is 11.9 Å². The van der Waals surface area contributed by atoms with E-state index in [2.05, 4.69) is 21.9 Å². The van der Waals surface area contributed by atoms with Gasteiger partial charge in [-0.2, -0.15) is 0 Å². The Morgan fingerprint density at radius 2 is 2.00 bits per heavy atom. The van der Waals surface area contributed by atoms with E-state index >= 15 is 0 Å². The van der Waals surface area contributed by atoms with Crippen LogP contribution in [0.15, 0.2) is 24.7 Å². The van der Waals surface area contributed by atoms with Gasteiger partial charge in [-0.15, -0.1) is 0 Å². The molecule has 2 aliphatic heterocycles. The molecule has 2 aromatic rings. The van der Waals surface area contributed by atoms with E-state index in [1.165, 1.54) is 19.3 Å². The number of aromatic nitrogens is 3. The summed E-state index contributed by atoms with van der Waals surface area (Å²) in [5, 5.41) is 11.2. The minimum absolute atomic E-state index is 0.481. The first-order chi connectivity index (χ1) is 9.67. The van der Waals surface area contributed by atoms with Crippen LogP contribution in [-0.2, 0) is 5.60 Å². The van der Waals surface area contributed by atoms with Gasteiger partial charge in [0.2, 0.25) is 5.78 Å². The van der Waals surface area contributed by atoms with E-state index < -0.39 is 5.60 Å². The summed E-state index contributed by atoms with van der Waals surface area (Å²) < 4.78 is 1.93. The van der Waals surface area contributed by atoms with Gasteiger partial charge in [0.15, 0.2) is 0 Å². The molecule has 0 aromatic carbocycles. The Kier molecular flexibility index (Phi) is 2.62. The van der Waals surface area contributed by atoms with Crippen LogP contribution in [0.2, 0.25) is 0 Å². The van der Waals surface area contributed by atoms with Crippen molar-refractivity contribution in [2.45, 2.75) is 49.8 Å². The van der Waals surface area contributed by atoms with Crippen LogP contribution in [0.1, 0.15) is 37.8 Å². The maximum atomic E-state index is 11.2. The van der Waals surface area contributed by atoms with Crippen molar-refractivity contribution in [3.63, 3.8) is 0 Å². The second kappa shape index (κ2) is 4.27. The summed E-state index contributed by atoms with van der Waals surface area (Å²) in [4.78, 5) is 11.0. The zero-order valence-corrected chi connectivity index (χ0v) is 11.7. The Balaban J connectivity index is 1.77. The fraction of sp³-hybridized carbons (Fsp3) is 0.600. The Morgan fingerprint density at radius 3 is 2.75 bits per heavy atom. The predicted octanol–water partition coefficient (Wildman–Crippen LogP) is 1.56. The number of nitrogens with zero attached hydrogens (tertiary/aromatic N) is 4. The van der Waals surface area contributed by atoms with Gasteiger partial charge in [0.1, 0.15) is 5.60 Å². The lowest BCUT2D eigenvalue weighted by atomic mass is 9.74. The second-order valence-electron chi connectivity index (χ2n) is 6.28. The molecule has 0 spiro atoms. The molecule has 5 nitrogen and oxygen atoms in total. The van der Waals surface area contributed by atoms with Crippen molar-refractivity contribution in [3.05, 3.63) is 30.4 Å². The highest BCUT2D eigenvalue weighted by molar-refractivity contribution is 5.33. The molecule has 0 aliphatic carbocycles. The van der Waals surface area contributed by atoms with Crippen LogP contribution in [0.3, 0.4) is 0 Å². The molecular formula is C15H20N4O. The number of piperidine rings is 2. The molecule has 5 heteroatoms. The summed E-state index contributed by atoms with van der Waals surface area (Å²) in [6.07, 6.45) is 10.7. The highest BCUT2D eigenvalue weighted by Crippen LogP contribution is 2.43. The first-order valence-electron chi connectivity index (χ1n) is 7.40. The molecule has 2 saturated heterocycles. The lowest BCUT2D eigenvalue weighted by molar-refractivity contribution is -0.0903. The van der Waals surface area contributed by atoms with Crippen molar-refractivity contribution < 1.29 is 5.11 Å². The summed E-state index contributed by atoms with van der Waals surface area (Å²) in [7, 11) is 2.20. The zero-order chi connectivity index (χ0) is 13.7. The zero-order valence-electron chi connectivity index (χ0n) is 11.7.